The highest BCUT2D eigenvalue weighted by Crippen LogP contribution is 2.24. The lowest BCUT2D eigenvalue weighted by atomic mass is 10.1. The van der Waals surface area contributed by atoms with Gasteiger partial charge in [0.25, 0.3) is 0 Å². The molecule has 1 amide bonds. The van der Waals surface area contributed by atoms with E-state index >= 15 is 0 Å². The van der Waals surface area contributed by atoms with E-state index in [-0.39, 0.29) is 5.91 Å². The van der Waals surface area contributed by atoms with Crippen LogP contribution in [0.3, 0.4) is 0 Å². The SMILES string of the molecule is Cc1ccc(C)c(NC(=O)/C=C/c2ccc(-c3ccc(Cl)cc3)o2)c1. The first-order valence-electron chi connectivity index (χ1n) is 7.93. The lowest BCUT2D eigenvalue weighted by Gasteiger charge is -2.07. The van der Waals surface area contributed by atoms with Gasteiger partial charge in [-0.3, -0.25) is 4.79 Å². The van der Waals surface area contributed by atoms with E-state index in [0.717, 1.165) is 28.1 Å². The number of hydrogen-bond acceptors (Lipinski definition) is 2. The van der Waals surface area contributed by atoms with Gasteiger partial charge in [0.2, 0.25) is 5.91 Å². The van der Waals surface area contributed by atoms with Crippen molar-refractivity contribution < 1.29 is 9.21 Å². The van der Waals surface area contributed by atoms with Crippen LogP contribution in [0.1, 0.15) is 16.9 Å². The third-order valence-corrected chi connectivity index (χ3v) is 4.06. The molecule has 0 aliphatic heterocycles. The maximum absolute atomic E-state index is 12.1. The summed E-state index contributed by atoms with van der Waals surface area (Å²) in [4.78, 5) is 12.1. The summed E-state index contributed by atoms with van der Waals surface area (Å²) in [5.41, 5.74) is 3.87. The molecule has 0 aliphatic rings. The van der Waals surface area contributed by atoms with Gasteiger partial charge in [-0.25, -0.2) is 0 Å². The van der Waals surface area contributed by atoms with Crippen molar-refractivity contribution in [1.82, 2.24) is 0 Å². The Morgan fingerprint density at radius 1 is 1.04 bits per heavy atom. The molecule has 25 heavy (non-hydrogen) atoms. The molecule has 4 heteroatoms. The lowest BCUT2D eigenvalue weighted by Crippen LogP contribution is -2.09. The summed E-state index contributed by atoms with van der Waals surface area (Å²) in [6.07, 6.45) is 3.12. The molecule has 1 aromatic heterocycles. The second-order valence-electron chi connectivity index (χ2n) is 5.85. The highest BCUT2D eigenvalue weighted by Gasteiger charge is 2.05. The minimum Gasteiger partial charge on any atom is -0.457 e. The Morgan fingerprint density at radius 3 is 2.56 bits per heavy atom. The number of amides is 1. The summed E-state index contributed by atoms with van der Waals surface area (Å²) in [5.74, 6) is 1.14. The average Bonchev–Trinajstić information content (AvgIpc) is 3.06. The molecule has 0 unspecified atom stereocenters. The highest BCUT2D eigenvalue weighted by molar-refractivity contribution is 6.30. The molecular formula is C21H18ClNO2. The summed E-state index contributed by atoms with van der Waals surface area (Å²) >= 11 is 5.89. The first kappa shape index (κ1) is 17.1. The molecule has 0 fully saturated rings. The molecule has 1 heterocycles. The van der Waals surface area contributed by atoms with Crippen LogP contribution >= 0.6 is 11.6 Å². The number of carbonyl (C=O) groups is 1. The maximum Gasteiger partial charge on any atom is 0.248 e. The van der Waals surface area contributed by atoms with E-state index in [1.54, 1.807) is 6.08 Å². The summed E-state index contributed by atoms with van der Waals surface area (Å²) < 4.78 is 5.74. The van der Waals surface area contributed by atoms with E-state index in [1.165, 1.54) is 6.08 Å². The van der Waals surface area contributed by atoms with Gasteiger partial charge in [-0.05, 0) is 73.5 Å². The Balaban J connectivity index is 1.68. The minimum atomic E-state index is -0.196. The summed E-state index contributed by atoms with van der Waals surface area (Å²) in [7, 11) is 0. The molecule has 0 spiro atoms. The standard InChI is InChI=1S/C21H18ClNO2/c1-14-3-4-15(2)19(13-14)23-21(24)12-10-18-9-11-20(25-18)16-5-7-17(22)8-6-16/h3-13H,1-2H3,(H,23,24)/b12-10+. The lowest BCUT2D eigenvalue weighted by molar-refractivity contribution is -0.111. The highest BCUT2D eigenvalue weighted by atomic mass is 35.5. The van der Waals surface area contributed by atoms with Gasteiger partial charge < -0.3 is 9.73 Å². The molecule has 0 saturated carbocycles. The quantitative estimate of drug-likeness (QED) is 0.597. The second kappa shape index (κ2) is 7.41. The Labute approximate surface area is 151 Å². The van der Waals surface area contributed by atoms with Crippen molar-refractivity contribution in [3.63, 3.8) is 0 Å². The number of rotatable bonds is 4. The van der Waals surface area contributed by atoms with Gasteiger partial charge in [-0.2, -0.15) is 0 Å². The van der Waals surface area contributed by atoms with Crippen LogP contribution in [-0.4, -0.2) is 5.91 Å². The second-order valence-corrected chi connectivity index (χ2v) is 6.29. The van der Waals surface area contributed by atoms with E-state index in [0.29, 0.717) is 10.8 Å². The van der Waals surface area contributed by atoms with Crippen molar-refractivity contribution in [2.24, 2.45) is 0 Å². The zero-order valence-electron chi connectivity index (χ0n) is 14.0. The largest absolute Gasteiger partial charge is 0.457 e. The van der Waals surface area contributed by atoms with Crippen LogP contribution in [-0.2, 0) is 4.79 Å². The van der Waals surface area contributed by atoms with Gasteiger partial charge in [0.05, 0.1) is 0 Å². The summed E-state index contributed by atoms with van der Waals surface area (Å²) in [6, 6.07) is 17.0. The third-order valence-electron chi connectivity index (χ3n) is 3.81. The molecule has 0 bridgehead atoms. The number of benzene rings is 2. The van der Waals surface area contributed by atoms with Gasteiger partial charge in [0, 0.05) is 22.3 Å². The number of aryl methyl sites for hydroxylation is 2. The fourth-order valence-electron chi connectivity index (χ4n) is 2.41. The van der Waals surface area contributed by atoms with Crippen LogP contribution in [0.25, 0.3) is 17.4 Å². The fraction of sp³-hybridized carbons (Fsp3) is 0.0952. The number of furan rings is 1. The van der Waals surface area contributed by atoms with Crippen molar-refractivity contribution >= 4 is 29.3 Å². The van der Waals surface area contributed by atoms with E-state index in [9.17, 15) is 4.79 Å². The molecule has 126 valence electrons. The van der Waals surface area contributed by atoms with Crippen LogP contribution in [0.5, 0.6) is 0 Å². The summed E-state index contributed by atoms with van der Waals surface area (Å²) in [6.45, 7) is 3.95. The molecule has 1 N–H and O–H groups in total. The Bertz CT molecular complexity index is 923. The number of halogens is 1. The molecule has 0 atom stereocenters. The third kappa shape index (κ3) is 4.40. The van der Waals surface area contributed by atoms with Crippen molar-refractivity contribution in [2.45, 2.75) is 13.8 Å². The normalized spacial score (nSPS) is 11.0. The number of nitrogens with one attached hydrogen (secondary N) is 1. The first-order valence-corrected chi connectivity index (χ1v) is 8.31. The Kier molecular flexibility index (Phi) is 5.05. The van der Waals surface area contributed by atoms with Crippen LogP contribution in [0.15, 0.2) is 65.1 Å². The molecule has 0 saturated heterocycles. The zero-order chi connectivity index (χ0) is 17.8. The smallest absolute Gasteiger partial charge is 0.248 e. The molecule has 3 nitrogen and oxygen atoms in total. The van der Waals surface area contributed by atoms with E-state index in [2.05, 4.69) is 5.32 Å². The van der Waals surface area contributed by atoms with Gasteiger partial charge >= 0.3 is 0 Å². The molecule has 3 rings (SSSR count). The topological polar surface area (TPSA) is 42.2 Å². The van der Waals surface area contributed by atoms with Crippen LogP contribution in [0.4, 0.5) is 5.69 Å². The predicted molar refractivity (Wildman–Crippen MR) is 103 cm³/mol. The van der Waals surface area contributed by atoms with Crippen LogP contribution in [0, 0.1) is 13.8 Å². The Morgan fingerprint density at radius 2 is 1.80 bits per heavy atom. The van der Waals surface area contributed by atoms with Crippen LogP contribution < -0.4 is 5.32 Å². The number of hydrogen-bond donors (Lipinski definition) is 1. The van der Waals surface area contributed by atoms with E-state index in [4.69, 9.17) is 16.0 Å². The van der Waals surface area contributed by atoms with Crippen molar-refractivity contribution in [3.8, 4) is 11.3 Å². The van der Waals surface area contributed by atoms with Crippen molar-refractivity contribution in [2.75, 3.05) is 5.32 Å². The van der Waals surface area contributed by atoms with Crippen molar-refractivity contribution in [3.05, 3.63) is 82.6 Å². The first-order chi connectivity index (χ1) is 12.0. The van der Waals surface area contributed by atoms with Gasteiger partial charge in [0.15, 0.2) is 0 Å². The Hall–Kier alpha value is -2.78. The number of anilines is 1. The van der Waals surface area contributed by atoms with Gasteiger partial charge in [-0.1, -0.05) is 23.7 Å². The maximum atomic E-state index is 12.1. The van der Waals surface area contributed by atoms with Crippen LogP contribution in [0.2, 0.25) is 5.02 Å². The average molecular weight is 352 g/mol. The van der Waals surface area contributed by atoms with E-state index in [1.807, 2.05) is 68.4 Å². The molecule has 2 aromatic carbocycles. The number of carbonyl (C=O) groups excluding carboxylic acids is 1. The molecule has 0 radical (unpaired) electrons. The zero-order valence-corrected chi connectivity index (χ0v) is 14.8. The van der Waals surface area contributed by atoms with Gasteiger partial charge in [0.1, 0.15) is 11.5 Å². The molecule has 0 aliphatic carbocycles. The van der Waals surface area contributed by atoms with E-state index < -0.39 is 0 Å². The fourth-order valence-corrected chi connectivity index (χ4v) is 2.54. The van der Waals surface area contributed by atoms with Gasteiger partial charge in [-0.15, -0.1) is 0 Å². The molecular weight excluding hydrogens is 334 g/mol. The van der Waals surface area contributed by atoms with Crippen molar-refractivity contribution in [1.29, 1.82) is 0 Å². The minimum absolute atomic E-state index is 0.196. The molecule has 3 aromatic rings. The predicted octanol–water partition coefficient (Wildman–Crippen LogP) is 5.87. The summed E-state index contributed by atoms with van der Waals surface area (Å²) in [5, 5.41) is 3.56. The monoisotopic (exact) mass is 351 g/mol.